The zero-order valence-electron chi connectivity index (χ0n) is 21.3. The van der Waals surface area contributed by atoms with E-state index in [1.54, 1.807) is 26.2 Å². The first-order valence-electron chi connectivity index (χ1n) is 12.1. The maximum atomic E-state index is 13.5. The Balaban J connectivity index is 1.48. The molecular weight excluding hydrogens is 516 g/mol. The summed E-state index contributed by atoms with van der Waals surface area (Å²) < 4.78 is 37.1. The molecule has 0 amide bonds. The van der Waals surface area contributed by atoms with Crippen LogP contribution in [0.15, 0.2) is 101 Å². The van der Waals surface area contributed by atoms with Crippen molar-refractivity contribution >= 4 is 32.6 Å². The fourth-order valence-corrected chi connectivity index (χ4v) is 6.61. The Morgan fingerprint density at radius 3 is 2.47 bits per heavy atom. The molecule has 0 aliphatic carbocycles. The van der Waals surface area contributed by atoms with Crippen molar-refractivity contribution in [1.82, 2.24) is 19.5 Å². The van der Waals surface area contributed by atoms with Gasteiger partial charge in [0.1, 0.15) is 5.75 Å². The van der Waals surface area contributed by atoms with Gasteiger partial charge in [-0.2, -0.15) is 0 Å². The number of aryl methyl sites for hydroxylation is 1. The third-order valence-corrected chi connectivity index (χ3v) is 8.81. The summed E-state index contributed by atoms with van der Waals surface area (Å²) in [6, 6.07) is 28.0. The van der Waals surface area contributed by atoms with E-state index in [1.807, 2.05) is 90.4 Å². The van der Waals surface area contributed by atoms with Crippen LogP contribution in [-0.2, 0) is 15.8 Å². The van der Waals surface area contributed by atoms with Crippen LogP contribution in [0, 0.1) is 6.92 Å². The van der Waals surface area contributed by atoms with Crippen LogP contribution in [0.25, 0.3) is 16.5 Å². The van der Waals surface area contributed by atoms with E-state index in [4.69, 9.17) is 4.74 Å². The molecule has 1 unspecified atom stereocenters. The highest BCUT2D eigenvalue weighted by atomic mass is 32.2. The quantitative estimate of drug-likeness (QED) is 0.227. The molecule has 0 saturated heterocycles. The van der Waals surface area contributed by atoms with Gasteiger partial charge < -0.3 is 4.74 Å². The molecule has 0 saturated carbocycles. The van der Waals surface area contributed by atoms with Crippen molar-refractivity contribution in [3.05, 3.63) is 108 Å². The summed E-state index contributed by atoms with van der Waals surface area (Å²) in [7, 11) is -2.20. The van der Waals surface area contributed by atoms with Crippen LogP contribution in [0.3, 0.4) is 0 Å². The molecule has 0 spiro atoms. The Kier molecular flexibility index (Phi) is 7.51. The Bertz CT molecular complexity index is 1680. The molecular formula is C29H28N4O3S2. The van der Waals surface area contributed by atoms with Gasteiger partial charge in [-0.1, -0.05) is 78.0 Å². The molecule has 38 heavy (non-hydrogen) atoms. The van der Waals surface area contributed by atoms with Gasteiger partial charge in [0.05, 0.1) is 18.0 Å². The molecule has 9 heteroatoms. The van der Waals surface area contributed by atoms with Crippen LogP contribution in [0.5, 0.6) is 5.75 Å². The van der Waals surface area contributed by atoms with Crippen molar-refractivity contribution in [2.75, 3.05) is 7.11 Å². The molecule has 1 heterocycles. The molecule has 1 N–H and O–H groups in total. The first-order valence-corrected chi connectivity index (χ1v) is 14.6. The van der Waals surface area contributed by atoms with Crippen LogP contribution >= 0.6 is 11.8 Å². The van der Waals surface area contributed by atoms with Gasteiger partial charge in [0, 0.05) is 16.8 Å². The monoisotopic (exact) mass is 544 g/mol. The highest BCUT2D eigenvalue weighted by molar-refractivity contribution is 7.98. The van der Waals surface area contributed by atoms with E-state index >= 15 is 0 Å². The van der Waals surface area contributed by atoms with E-state index in [0.717, 1.165) is 28.0 Å². The van der Waals surface area contributed by atoms with E-state index in [1.165, 1.54) is 11.8 Å². The molecule has 0 fully saturated rings. The topological polar surface area (TPSA) is 86.1 Å². The summed E-state index contributed by atoms with van der Waals surface area (Å²) in [6.45, 7) is 3.81. The molecule has 4 aromatic carbocycles. The normalized spacial score (nSPS) is 12.5. The number of hydrogen-bond donors (Lipinski definition) is 1. The molecule has 1 aromatic heterocycles. The predicted molar refractivity (Wildman–Crippen MR) is 151 cm³/mol. The molecule has 0 aliphatic heterocycles. The minimum absolute atomic E-state index is 0.233. The van der Waals surface area contributed by atoms with Crippen molar-refractivity contribution in [3.8, 4) is 11.4 Å². The number of hydrogen-bond acceptors (Lipinski definition) is 6. The summed E-state index contributed by atoms with van der Waals surface area (Å²) in [6.07, 6.45) is 0. The first-order chi connectivity index (χ1) is 18.4. The number of nitrogens with zero attached hydrogens (tertiary/aromatic N) is 3. The molecule has 1 atom stereocenters. The average Bonchev–Trinajstić information content (AvgIpc) is 3.36. The van der Waals surface area contributed by atoms with Gasteiger partial charge in [0.25, 0.3) is 0 Å². The Labute approximate surface area is 226 Å². The fraction of sp³-hybridized carbons (Fsp3) is 0.172. The molecule has 5 rings (SSSR count). The second kappa shape index (κ2) is 11.0. The number of nitrogens with one attached hydrogen (secondary N) is 1. The van der Waals surface area contributed by atoms with E-state index in [9.17, 15) is 8.42 Å². The SMILES string of the molecule is COc1cccc(CSc2nnc(C(C)NS(=O)(=O)c3cccc4ccccc34)n2-c2ccc(C)cc2)c1. The van der Waals surface area contributed by atoms with Crippen molar-refractivity contribution in [2.45, 2.75) is 35.7 Å². The van der Waals surface area contributed by atoms with Gasteiger partial charge in [0.2, 0.25) is 10.0 Å². The summed E-state index contributed by atoms with van der Waals surface area (Å²) in [5.74, 6) is 1.95. The number of aromatic nitrogens is 3. The van der Waals surface area contributed by atoms with Gasteiger partial charge in [-0.05, 0) is 55.1 Å². The van der Waals surface area contributed by atoms with E-state index in [0.29, 0.717) is 22.1 Å². The minimum Gasteiger partial charge on any atom is -0.497 e. The third-order valence-electron chi connectivity index (χ3n) is 6.21. The Morgan fingerprint density at radius 1 is 0.947 bits per heavy atom. The van der Waals surface area contributed by atoms with Crippen LogP contribution in [0.4, 0.5) is 0 Å². The molecule has 0 aliphatic rings. The molecule has 5 aromatic rings. The number of methoxy groups -OCH3 is 1. The van der Waals surface area contributed by atoms with Gasteiger partial charge >= 0.3 is 0 Å². The summed E-state index contributed by atoms with van der Waals surface area (Å²) in [5, 5.41) is 11.1. The number of ether oxygens (including phenoxy) is 1. The highest BCUT2D eigenvalue weighted by Crippen LogP contribution is 2.30. The van der Waals surface area contributed by atoms with Crippen LogP contribution in [0.1, 0.15) is 29.9 Å². The lowest BCUT2D eigenvalue weighted by Crippen LogP contribution is -2.29. The minimum atomic E-state index is -3.85. The summed E-state index contributed by atoms with van der Waals surface area (Å²) in [5.41, 5.74) is 3.07. The lowest BCUT2D eigenvalue weighted by Gasteiger charge is -2.17. The number of benzene rings is 4. The van der Waals surface area contributed by atoms with E-state index in [-0.39, 0.29) is 4.90 Å². The number of fused-ring (bicyclic) bond motifs is 1. The van der Waals surface area contributed by atoms with Gasteiger partial charge in [0.15, 0.2) is 11.0 Å². The fourth-order valence-electron chi connectivity index (χ4n) is 4.28. The zero-order chi connectivity index (χ0) is 26.7. The van der Waals surface area contributed by atoms with Crippen molar-refractivity contribution < 1.29 is 13.2 Å². The van der Waals surface area contributed by atoms with Gasteiger partial charge in [-0.3, -0.25) is 4.57 Å². The third kappa shape index (κ3) is 5.45. The Morgan fingerprint density at radius 2 is 1.68 bits per heavy atom. The highest BCUT2D eigenvalue weighted by Gasteiger charge is 2.26. The summed E-state index contributed by atoms with van der Waals surface area (Å²) in [4.78, 5) is 0.233. The second-order valence-corrected chi connectivity index (χ2v) is 11.6. The smallest absolute Gasteiger partial charge is 0.241 e. The lowest BCUT2D eigenvalue weighted by molar-refractivity contribution is 0.414. The molecule has 7 nitrogen and oxygen atoms in total. The molecule has 0 radical (unpaired) electrons. The van der Waals surface area contributed by atoms with Crippen molar-refractivity contribution in [1.29, 1.82) is 0 Å². The van der Waals surface area contributed by atoms with Crippen LogP contribution in [0.2, 0.25) is 0 Å². The predicted octanol–water partition coefficient (Wildman–Crippen LogP) is 6.07. The number of thioether (sulfide) groups is 1. The zero-order valence-corrected chi connectivity index (χ0v) is 23.0. The van der Waals surface area contributed by atoms with Gasteiger partial charge in [-0.15, -0.1) is 10.2 Å². The molecule has 0 bridgehead atoms. The largest absolute Gasteiger partial charge is 0.497 e. The molecule has 194 valence electrons. The first kappa shape index (κ1) is 26.0. The summed E-state index contributed by atoms with van der Waals surface area (Å²) >= 11 is 1.53. The number of sulfonamides is 1. The second-order valence-electron chi connectivity index (χ2n) is 8.97. The number of rotatable bonds is 9. The average molecular weight is 545 g/mol. The van der Waals surface area contributed by atoms with Gasteiger partial charge in [-0.25, -0.2) is 13.1 Å². The lowest BCUT2D eigenvalue weighted by atomic mass is 10.1. The van der Waals surface area contributed by atoms with E-state index < -0.39 is 16.1 Å². The van der Waals surface area contributed by atoms with Crippen molar-refractivity contribution in [3.63, 3.8) is 0 Å². The standard InChI is InChI=1S/C29H28N4O3S2/c1-20-14-16-24(17-15-20)33-28(30-31-29(33)37-19-22-8-6-11-25(18-22)36-3)21(2)32-38(34,35)27-13-7-10-23-9-4-5-12-26(23)27/h4-18,21,32H,19H2,1-3H3. The van der Waals surface area contributed by atoms with E-state index in [2.05, 4.69) is 14.9 Å². The maximum absolute atomic E-state index is 13.5. The van der Waals surface area contributed by atoms with Crippen molar-refractivity contribution in [2.24, 2.45) is 0 Å². The van der Waals surface area contributed by atoms with Crippen LogP contribution in [-0.4, -0.2) is 30.3 Å². The Hall–Kier alpha value is -3.66. The maximum Gasteiger partial charge on any atom is 0.241 e. The van der Waals surface area contributed by atoms with Crippen LogP contribution < -0.4 is 9.46 Å².